The van der Waals surface area contributed by atoms with Crippen molar-refractivity contribution in [2.24, 2.45) is 11.7 Å². The molecule has 1 amide bonds. The van der Waals surface area contributed by atoms with E-state index in [1.54, 1.807) is 14.0 Å². The highest BCUT2D eigenvalue weighted by Crippen LogP contribution is 2.34. The fraction of sp³-hybridized carbons (Fsp3) is 0.480. The van der Waals surface area contributed by atoms with Crippen LogP contribution in [0.2, 0.25) is 0 Å². The van der Waals surface area contributed by atoms with Crippen LogP contribution in [0.15, 0.2) is 18.2 Å². The number of fused-ring (bicyclic) bond motifs is 2. The molecule has 1 fully saturated rings. The number of rotatable bonds is 5. The summed E-state index contributed by atoms with van der Waals surface area (Å²) in [6.45, 7) is 5.25. The van der Waals surface area contributed by atoms with Crippen molar-refractivity contribution in [2.45, 2.75) is 51.3 Å². The Hall–Kier alpha value is -2.82. The largest absolute Gasteiger partial charge is 0.397 e. The number of halogens is 1. The number of carbonyl (C=O) groups excluding carboxylic acids is 1. The van der Waals surface area contributed by atoms with Gasteiger partial charge < -0.3 is 26.4 Å². The number of aryl methyl sites for hydroxylation is 2. The third-order valence-corrected chi connectivity index (χ3v) is 8.47. The molecule has 5 N–H and O–H groups in total. The Kier molecular flexibility index (Phi) is 6.37. The minimum absolute atomic E-state index is 0.0224. The maximum atomic E-state index is 13.9. The minimum atomic E-state index is -0.427. The molecule has 8 nitrogen and oxygen atoms in total. The highest BCUT2D eigenvalue weighted by atomic mass is 32.1. The predicted molar refractivity (Wildman–Crippen MR) is 136 cm³/mol. The second-order valence-electron chi connectivity index (χ2n) is 9.62. The Morgan fingerprint density at radius 3 is 2.91 bits per heavy atom. The lowest BCUT2D eigenvalue weighted by Gasteiger charge is -2.27. The van der Waals surface area contributed by atoms with E-state index in [2.05, 4.69) is 28.2 Å². The number of amides is 1. The van der Waals surface area contributed by atoms with Crippen molar-refractivity contribution in [3.63, 3.8) is 0 Å². The summed E-state index contributed by atoms with van der Waals surface area (Å²) in [5.74, 6) is 0.547. The summed E-state index contributed by atoms with van der Waals surface area (Å²) in [4.78, 5) is 25.4. The zero-order chi connectivity index (χ0) is 24.9. The number of nitrogens with two attached hydrogens (primary N) is 2. The van der Waals surface area contributed by atoms with Gasteiger partial charge in [0.1, 0.15) is 21.3 Å². The van der Waals surface area contributed by atoms with Crippen molar-refractivity contribution < 1.29 is 13.9 Å². The van der Waals surface area contributed by atoms with Gasteiger partial charge >= 0.3 is 0 Å². The standard InChI is InChI=1S/C25H31FN6O2S/c1-12-18(26)9-16-22(28)23(35-25(16)29-12)24(33)30-15-5-6-20-14(8-15)4-7-21(31-20)32-10-17(13(2)34-3)19(27)11-32/h4,7,9,13,15,17,19H,5-6,8,10-11,27-28H2,1-3H3,(H,30,33). The molecule has 5 rings (SSSR count). The van der Waals surface area contributed by atoms with E-state index in [0.29, 0.717) is 27.2 Å². The number of carbonyl (C=O) groups is 1. The highest BCUT2D eigenvalue weighted by Gasteiger charge is 2.35. The van der Waals surface area contributed by atoms with Gasteiger partial charge in [-0.05, 0) is 50.8 Å². The van der Waals surface area contributed by atoms with E-state index in [1.807, 2.05) is 6.07 Å². The molecule has 10 heteroatoms. The van der Waals surface area contributed by atoms with Crippen LogP contribution in [0.5, 0.6) is 0 Å². The minimum Gasteiger partial charge on any atom is -0.397 e. The number of aromatic nitrogens is 2. The fourth-order valence-electron chi connectivity index (χ4n) is 5.13. The van der Waals surface area contributed by atoms with Crippen LogP contribution >= 0.6 is 11.3 Å². The summed E-state index contributed by atoms with van der Waals surface area (Å²) >= 11 is 1.20. The third-order valence-electron chi connectivity index (χ3n) is 7.35. The van der Waals surface area contributed by atoms with E-state index < -0.39 is 5.82 Å². The molecule has 4 heterocycles. The van der Waals surface area contributed by atoms with E-state index in [9.17, 15) is 9.18 Å². The van der Waals surface area contributed by atoms with Gasteiger partial charge in [0.15, 0.2) is 0 Å². The number of methoxy groups -OCH3 is 1. The summed E-state index contributed by atoms with van der Waals surface area (Å²) in [6, 6.07) is 5.54. The number of anilines is 2. The van der Waals surface area contributed by atoms with Crippen molar-refractivity contribution in [3.8, 4) is 0 Å². The topological polar surface area (TPSA) is 119 Å². The Morgan fingerprint density at radius 2 is 2.14 bits per heavy atom. The van der Waals surface area contributed by atoms with Crippen LogP contribution in [0.3, 0.4) is 0 Å². The highest BCUT2D eigenvalue weighted by molar-refractivity contribution is 7.21. The summed E-state index contributed by atoms with van der Waals surface area (Å²) in [5.41, 5.74) is 15.3. The van der Waals surface area contributed by atoms with Gasteiger partial charge in [0.25, 0.3) is 5.91 Å². The van der Waals surface area contributed by atoms with Crippen molar-refractivity contribution in [3.05, 3.63) is 45.8 Å². The van der Waals surface area contributed by atoms with Gasteiger partial charge in [0.2, 0.25) is 0 Å². The molecule has 0 aromatic carbocycles. The van der Waals surface area contributed by atoms with Crippen LogP contribution in [-0.2, 0) is 17.6 Å². The Morgan fingerprint density at radius 1 is 1.34 bits per heavy atom. The Bertz CT molecular complexity index is 1280. The maximum Gasteiger partial charge on any atom is 0.263 e. The molecule has 0 saturated carbocycles. The van der Waals surface area contributed by atoms with Crippen molar-refractivity contribution in [1.29, 1.82) is 0 Å². The summed E-state index contributed by atoms with van der Waals surface area (Å²) in [5, 5.41) is 3.59. The first-order chi connectivity index (χ1) is 16.7. The molecule has 1 saturated heterocycles. The molecule has 3 aromatic heterocycles. The van der Waals surface area contributed by atoms with Crippen LogP contribution in [0, 0.1) is 18.7 Å². The first-order valence-corrected chi connectivity index (χ1v) is 12.7. The molecule has 0 bridgehead atoms. The molecule has 1 aliphatic carbocycles. The Labute approximate surface area is 207 Å². The van der Waals surface area contributed by atoms with Gasteiger partial charge in [0, 0.05) is 49.3 Å². The van der Waals surface area contributed by atoms with E-state index in [1.165, 1.54) is 17.4 Å². The fourth-order valence-corrected chi connectivity index (χ4v) is 6.16. The van der Waals surface area contributed by atoms with Crippen LogP contribution in [0.25, 0.3) is 10.2 Å². The lowest BCUT2D eigenvalue weighted by atomic mass is 9.91. The summed E-state index contributed by atoms with van der Waals surface area (Å²) in [7, 11) is 1.72. The summed E-state index contributed by atoms with van der Waals surface area (Å²) in [6.07, 6.45) is 2.37. The van der Waals surface area contributed by atoms with E-state index in [-0.39, 0.29) is 35.7 Å². The monoisotopic (exact) mass is 498 g/mol. The molecule has 0 spiro atoms. The average molecular weight is 499 g/mol. The van der Waals surface area contributed by atoms with Crippen LogP contribution in [-0.4, -0.2) is 54.3 Å². The molecular formula is C25H31FN6O2S. The molecule has 3 aromatic rings. The zero-order valence-corrected chi connectivity index (χ0v) is 21.0. The number of ether oxygens (including phenoxy) is 1. The smallest absolute Gasteiger partial charge is 0.263 e. The third kappa shape index (κ3) is 4.46. The molecule has 2 aliphatic rings. The molecule has 35 heavy (non-hydrogen) atoms. The van der Waals surface area contributed by atoms with Crippen molar-refractivity contribution in [1.82, 2.24) is 15.3 Å². The molecule has 4 atom stereocenters. The van der Waals surface area contributed by atoms with Crippen LogP contribution < -0.4 is 21.7 Å². The van der Waals surface area contributed by atoms with Crippen molar-refractivity contribution >= 4 is 39.0 Å². The van der Waals surface area contributed by atoms with Gasteiger partial charge in [-0.2, -0.15) is 0 Å². The number of nitrogens with zero attached hydrogens (tertiary/aromatic N) is 3. The van der Waals surface area contributed by atoms with Gasteiger partial charge in [0.05, 0.1) is 17.5 Å². The first kappa shape index (κ1) is 23.9. The number of thiophene rings is 1. The van der Waals surface area contributed by atoms with Gasteiger partial charge in [-0.25, -0.2) is 14.4 Å². The number of pyridine rings is 2. The second-order valence-corrected chi connectivity index (χ2v) is 10.6. The van der Waals surface area contributed by atoms with Gasteiger partial charge in [-0.1, -0.05) is 6.07 Å². The predicted octanol–water partition coefficient (Wildman–Crippen LogP) is 2.81. The van der Waals surface area contributed by atoms with Gasteiger partial charge in [-0.15, -0.1) is 11.3 Å². The lowest BCUT2D eigenvalue weighted by molar-refractivity contribution is 0.0692. The van der Waals surface area contributed by atoms with Gasteiger partial charge in [-0.3, -0.25) is 4.79 Å². The molecule has 0 radical (unpaired) electrons. The number of hydrogen-bond donors (Lipinski definition) is 3. The van der Waals surface area contributed by atoms with Crippen LogP contribution in [0.1, 0.15) is 40.0 Å². The van der Waals surface area contributed by atoms with E-state index in [0.717, 1.165) is 43.0 Å². The lowest BCUT2D eigenvalue weighted by Crippen LogP contribution is -2.39. The van der Waals surface area contributed by atoms with E-state index >= 15 is 0 Å². The molecule has 1 aliphatic heterocycles. The molecule has 4 unspecified atom stereocenters. The number of hydrogen-bond acceptors (Lipinski definition) is 8. The zero-order valence-electron chi connectivity index (χ0n) is 20.2. The normalized spacial score (nSPS) is 22.9. The quantitative estimate of drug-likeness (QED) is 0.495. The summed E-state index contributed by atoms with van der Waals surface area (Å²) < 4.78 is 19.4. The first-order valence-electron chi connectivity index (χ1n) is 11.9. The number of nitrogens with one attached hydrogen (secondary N) is 1. The van der Waals surface area contributed by atoms with Crippen LogP contribution in [0.4, 0.5) is 15.9 Å². The Balaban J connectivity index is 1.27. The molecule has 186 valence electrons. The van der Waals surface area contributed by atoms with Crippen molar-refractivity contribution in [2.75, 3.05) is 30.8 Å². The number of nitrogen functional groups attached to an aromatic ring is 1. The average Bonchev–Trinajstić information content (AvgIpc) is 3.38. The molecular weight excluding hydrogens is 467 g/mol. The van der Waals surface area contributed by atoms with E-state index in [4.69, 9.17) is 21.2 Å². The second kappa shape index (κ2) is 9.33. The maximum absolute atomic E-state index is 13.9. The SMILES string of the molecule is COC(C)C1CN(c2ccc3c(n2)CCC(NC(=O)c2sc4nc(C)c(F)cc4c2N)C3)CC1N.